The van der Waals surface area contributed by atoms with E-state index >= 15 is 0 Å². The van der Waals surface area contributed by atoms with E-state index in [1.165, 1.54) is 18.5 Å². The number of halogens is 4. The molecule has 0 bridgehead atoms. The number of amides is 3. The first-order valence-electron chi connectivity index (χ1n) is 9.58. The number of anilines is 2. The SMILES string of the molecule is O=C(O)CC(NC(=O)c1c(Cl)cncc1Cl)c1ccc(NC(=O)Nc2ccc(Cl)c(Cl)c2)cc1. The highest BCUT2D eigenvalue weighted by molar-refractivity contribution is 6.42. The van der Waals surface area contributed by atoms with Crippen molar-refractivity contribution < 1.29 is 19.5 Å². The molecule has 0 aliphatic rings. The minimum Gasteiger partial charge on any atom is -0.481 e. The fourth-order valence-corrected chi connectivity index (χ4v) is 3.79. The summed E-state index contributed by atoms with van der Waals surface area (Å²) < 4.78 is 0. The third-order valence-electron chi connectivity index (χ3n) is 4.51. The summed E-state index contributed by atoms with van der Waals surface area (Å²) in [6.07, 6.45) is 2.13. The molecule has 0 saturated heterocycles. The van der Waals surface area contributed by atoms with Gasteiger partial charge in [0.1, 0.15) is 0 Å². The second-order valence-corrected chi connectivity index (χ2v) is 8.56. The molecule has 8 nitrogen and oxygen atoms in total. The Bertz CT molecular complexity index is 1220. The molecule has 0 spiro atoms. The maximum Gasteiger partial charge on any atom is 0.323 e. The zero-order valence-electron chi connectivity index (χ0n) is 17.1. The van der Waals surface area contributed by atoms with Crippen LogP contribution in [-0.2, 0) is 4.79 Å². The van der Waals surface area contributed by atoms with Crippen molar-refractivity contribution in [1.82, 2.24) is 10.3 Å². The molecule has 2 aromatic carbocycles. The summed E-state index contributed by atoms with van der Waals surface area (Å²) in [6.45, 7) is 0. The van der Waals surface area contributed by atoms with Crippen molar-refractivity contribution in [1.29, 1.82) is 0 Å². The van der Waals surface area contributed by atoms with Crippen molar-refractivity contribution in [2.75, 3.05) is 10.6 Å². The number of rotatable bonds is 7. The second kappa shape index (κ2) is 11.4. The number of hydrogen-bond acceptors (Lipinski definition) is 4. The lowest BCUT2D eigenvalue weighted by Crippen LogP contribution is -2.30. The van der Waals surface area contributed by atoms with Crippen LogP contribution in [0.4, 0.5) is 16.2 Å². The number of benzene rings is 2. The molecular formula is C22H16Cl4N4O4. The van der Waals surface area contributed by atoms with Crippen LogP contribution >= 0.6 is 46.4 Å². The van der Waals surface area contributed by atoms with Gasteiger partial charge in [0.25, 0.3) is 5.91 Å². The molecule has 3 rings (SSSR count). The van der Waals surface area contributed by atoms with Crippen LogP contribution in [0.2, 0.25) is 20.1 Å². The number of pyridine rings is 1. The molecule has 34 heavy (non-hydrogen) atoms. The van der Waals surface area contributed by atoms with Crippen molar-refractivity contribution in [2.24, 2.45) is 0 Å². The molecule has 0 radical (unpaired) electrons. The fraction of sp³-hybridized carbons (Fsp3) is 0.0909. The summed E-state index contributed by atoms with van der Waals surface area (Å²) in [5.74, 6) is -1.77. The Morgan fingerprint density at radius 1 is 0.824 bits per heavy atom. The third-order valence-corrected chi connectivity index (χ3v) is 5.83. The lowest BCUT2D eigenvalue weighted by atomic mass is 10.0. The van der Waals surface area contributed by atoms with Gasteiger partial charge in [0.2, 0.25) is 0 Å². The van der Waals surface area contributed by atoms with Gasteiger partial charge in [-0.25, -0.2) is 4.79 Å². The van der Waals surface area contributed by atoms with Gasteiger partial charge in [-0.1, -0.05) is 58.5 Å². The van der Waals surface area contributed by atoms with E-state index in [9.17, 15) is 19.5 Å². The number of carboxylic acids is 1. The van der Waals surface area contributed by atoms with Crippen molar-refractivity contribution >= 4 is 75.7 Å². The van der Waals surface area contributed by atoms with Gasteiger partial charge in [0.15, 0.2) is 0 Å². The minimum atomic E-state index is -1.12. The lowest BCUT2D eigenvalue weighted by molar-refractivity contribution is -0.137. The molecule has 3 aromatic rings. The number of nitrogens with zero attached hydrogens (tertiary/aromatic N) is 1. The number of hydrogen-bond donors (Lipinski definition) is 4. The lowest BCUT2D eigenvalue weighted by Gasteiger charge is -2.19. The van der Waals surface area contributed by atoms with Crippen molar-refractivity contribution in [2.45, 2.75) is 12.5 Å². The molecular weight excluding hydrogens is 526 g/mol. The molecule has 12 heteroatoms. The van der Waals surface area contributed by atoms with E-state index < -0.39 is 30.4 Å². The number of carboxylic acid groups (broad SMARTS) is 1. The Labute approximate surface area is 214 Å². The first-order chi connectivity index (χ1) is 16.1. The Balaban J connectivity index is 1.71. The highest BCUT2D eigenvalue weighted by atomic mass is 35.5. The van der Waals surface area contributed by atoms with Crippen LogP contribution in [0.5, 0.6) is 0 Å². The normalized spacial score (nSPS) is 11.4. The van der Waals surface area contributed by atoms with Gasteiger partial charge in [-0.3, -0.25) is 14.6 Å². The summed E-state index contributed by atoms with van der Waals surface area (Å²) in [5.41, 5.74) is 1.36. The molecule has 0 saturated carbocycles. The number of carbonyl (C=O) groups is 3. The van der Waals surface area contributed by atoms with Gasteiger partial charge in [0.05, 0.1) is 38.1 Å². The summed E-state index contributed by atoms with van der Waals surface area (Å²) in [6, 6.07) is 9.54. The van der Waals surface area contributed by atoms with Crippen LogP contribution < -0.4 is 16.0 Å². The van der Waals surface area contributed by atoms with Crippen LogP contribution in [0.15, 0.2) is 54.9 Å². The van der Waals surface area contributed by atoms with Crippen LogP contribution in [-0.4, -0.2) is 28.0 Å². The van der Waals surface area contributed by atoms with Crippen molar-refractivity contribution in [3.63, 3.8) is 0 Å². The first kappa shape index (κ1) is 25.6. The highest BCUT2D eigenvalue weighted by Crippen LogP contribution is 2.27. The molecule has 1 unspecified atom stereocenters. The van der Waals surface area contributed by atoms with Gasteiger partial charge < -0.3 is 21.1 Å². The van der Waals surface area contributed by atoms with Crippen LogP contribution in [0.3, 0.4) is 0 Å². The molecule has 0 aliphatic carbocycles. The predicted molar refractivity (Wildman–Crippen MR) is 132 cm³/mol. The van der Waals surface area contributed by atoms with Gasteiger partial charge >= 0.3 is 12.0 Å². The van der Waals surface area contributed by atoms with Crippen LogP contribution in [0, 0.1) is 0 Å². The standard InChI is InChI=1S/C22H16Cl4N4O4/c23-14-6-5-13(7-15(14)24)29-22(34)28-12-3-1-11(2-4-12)18(8-19(31)32)30-21(33)20-16(25)9-27-10-17(20)26/h1-7,9-10,18H,8H2,(H,30,33)(H,31,32)(H2,28,29,34). The maximum atomic E-state index is 12.7. The number of nitrogens with one attached hydrogen (secondary N) is 3. The largest absolute Gasteiger partial charge is 0.481 e. The summed E-state index contributed by atoms with van der Waals surface area (Å²) >= 11 is 23.8. The average molecular weight is 542 g/mol. The smallest absolute Gasteiger partial charge is 0.323 e. The Morgan fingerprint density at radius 3 is 2.00 bits per heavy atom. The molecule has 176 valence electrons. The van der Waals surface area contributed by atoms with Crippen LogP contribution in [0.25, 0.3) is 0 Å². The molecule has 1 heterocycles. The zero-order chi connectivity index (χ0) is 24.8. The monoisotopic (exact) mass is 540 g/mol. The van der Waals surface area contributed by atoms with Gasteiger partial charge in [-0.05, 0) is 35.9 Å². The number of aliphatic carboxylic acids is 1. The first-order valence-corrected chi connectivity index (χ1v) is 11.1. The third kappa shape index (κ3) is 6.74. The fourth-order valence-electron chi connectivity index (χ4n) is 2.95. The summed E-state index contributed by atoms with van der Waals surface area (Å²) in [5, 5.41) is 17.9. The molecule has 4 N–H and O–H groups in total. The molecule has 1 aromatic heterocycles. The van der Waals surface area contributed by atoms with Crippen molar-refractivity contribution in [3.8, 4) is 0 Å². The minimum absolute atomic E-state index is 0.00835. The van der Waals surface area contributed by atoms with E-state index in [0.29, 0.717) is 27.0 Å². The van der Waals surface area contributed by atoms with Gasteiger partial charge in [-0.2, -0.15) is 0 Å². The van der Waals surface area contributed by atoms with E-state index in [0.717, 1.165) is 0 Å². The maximum absolute atomic E-state index is 12.7. The zero-order valence-corrected chi connectivity index (χ0v) is 20.1. The van der Waals surface area contributed by atoms with Crippen molar-refractivity contribution in [3.05, 3.63) is 86.1 Å². The van der Waals surface area contributed by atoms with E-state index in [1.54, 1.807) is 36.4 Å². The molecule has 0 aliphatic heterocycles. The van der Waals surface area contributed by atoms with E-state index in [4.69, 9.17) is 46.4 Å². The summed E-state index contributed by atoms with van der Waals surface area (Å²) in [7, 11) is 0. The average Bonchev–Trinajstić information content (AvgIpc) is 2.76. The molecule has 0 fully saturated rings. The second-order valence-electron chi connectivity index (χ2n) is 6.93. The Hall–Kier alpha value is -3.04. The van der Waals surface area contributed by atoms with Gasteiger partial charge in [-0.15, -0.1) is 0 Å². The van der Waals surface area contributed by atoms with Crippen LogP contribution in [0.1, 0.15) is 28.4 Å². The molecule has 1 atom stereocenters. The quantitative estimate of drug-likeness (QED) is 0.280. The molecule has 3 amide bonds. The highest BCUT2D eigenvalue weighted by Gasteiger charge is 2.22. The summed E-state index contributed by atoms with van der Waals surface area (Å²) in [4.78, 5) is 40.1. The number of aromatic nitrogens is 1. The number of urea groups is 1. The van der Waals surface area contributed by atoms with E-state index in [1.807, 2.05) is 0 Å². The Morgan fingerprint density at radius 2 is 1.41 bits per heavy atom. The van der Waals surface area contributed by atoms with E-state index in [-0.39, 0.29) is 15.6 Å². The Kier molecular flexibility index (Phi) is 8.57. The van der Waals surface area contributed by atoms with Gasteiger partial charge in [0, 0.05) is 23.8 Å². The predicted octanol–water partition coefficient (Wildman–Crippen LogP) is 6.29. The van der Waals surface area contributed by atoms with E-state index in [2.05, 4.69) is 20.9 Å². The topological polar surface area (TPSA) is 120 Å². The number of carbonyl (C=O) groups excluding carboxylic acids is 2.